The van der Waals surface area contributed by atoms with Crippen LogP contribution in [0.3, 0.4) is 0 Å². The highest BCUT2D eigenvalue weighted by atomic mass is 79.9. The Bertz CT molecular complexity index is 2510. The van der Waals surface area contributed by atoms with Crippen molar-refractivity contribution >= 4 is 75.7 Å². The molecule has 1 aliphatic rings. The van der Waals surface area contributed by atoms with Gasteiger partial charge in [-0.25, -0.2) is 0 Å². The van der Waals surface area contributed by atoms with Crippen LogP contribution < -0.4 is 0 Å². The van der Waals surface area contributed by atoms with Gasteiger partial charge in [0.25, 0.3) is 0 Å². The Balaban J connectivity index is 0.000000138. The maximum Gasteiger partial charge on any atom is 0.135 e. The standard InChI is InChI=1S/C21H17BrO2.C21H15BrO/c1-21(2,23)18-12-14(22)8-9-15(18)13-7-10-20-17(11-13)16-5-3-4-6-19(16)24-20;1-21(2)17-9-12(22)7-8-13(17)15-10-16-14-5-3-4-6-19(14)23-20(16)11-18(15)21/h3-12,23H,1-2H3;3-11H,1-2H3. The number of para-hydroxylation sites is 2. The molecule has 1 N–H and O–H groups in total. The average Bonchev–Trinajstić information content (AvgIpc) is 3.67. The van der Waals surface area contributed by atoms with Crippen LogP contribution in [0.15, 0.2) is 133 Å². The molecule has 0 aliphatic heterocycles. The number of rotatable bonds is 2. The molecule has 0 unspecified atom stereocenters. The van der Waals surface area contributed by atoms with Crippen LogP contribution in [0.1, 0.15) is 44.4 Å². The molecule has 5 heteroatoms. The second-order valence-electron chi connectivity index (χ2n) is 13.4. The molecule has 0 bridgehead atoms. The summed E-state index contributed by atoms with van der Waals surface area (Å²) in [6.45, 7) is 8.20. The van der Waals surface area contributed by atoms with Crippen LogP contribution in [-0.2, 0) is 11.0 Å². The van der Waals surface area contributed by atoms with Crippen LogP contribution in [0.5, 0.6) is 0 Å². The van der Waals surface area contributed by atoms with Crippen molar-refractivity contribution < 1.29 is 13.9 Å². The zero-order chi connectivity index (χ0) is 32.7. The Morgan fingerprint density at radius 1 is 0.532 bits per heavy atom. The zero-order valence-electron chi connectivity index (χ0n) is 26.5. The van der Waals surface area contributed by atoms with E-state index in [9.17, 15) is 5.11 Å². The second kappa shape index (κ2) is 10.9. The highest BCUT2D eigenvalue weighted by Crippen LogP contribution is 2.51. The summed E-state index contributed by atoms with van der Waals surface area (Å²) < 4.78 is 14.1. The van der Waals surface area contributed by atoms with Gasteiger partial charge in [-0.1, -0.05) is 100 Å². The van der Waals surface area contributed by atoms with Gasteiger partial charge in [-0.05, 0) is 113 Å². The normalized spacial score (nSPS) is 13.6. The molecule has 2 heterocycles. The van der Waals surface area contributed by atoms with Gasteiger partial charge >= 0.3 is 0 Å². The van der Waals surface area contributed by atoms with E-state index >= 15 is 0 Å². The van der Waals surface area contributed by atoms with Crippen molar-refractivity contribution in [1.29, 1.82) is 0 Å². The lowest BCUT2D eigenvalue weighted by molar-refractivity contribution is 0.0791. The van der Waals surface area contributed by atoms with Gasteiger partial charge in [-0.15, -0.1) is 0 Å². The lowest BCUT2D eigenvalue weighted by atomic mass is 9.82. The predicted octanol–water partition coefficient (Wildman–Crippen LogP) is 12.9. The van der Waals surface area contributed by atoms with Gasteiger partial charge in [0.05, 0.1) is 5.60 Å². The zero-order valence-corrected chi connectivity index (χ0v) is 29.7. The molecular formula is C42H32Br2O3. The highest BCUT2D eigenvalue weighted by Gasteiger charge is 2.36. The highest BCUT2D eigenvalue weighted by molar-refractivity contribution is 9.10. The molecule has 8 aromatic rings. The van der Waals surface area contributed by atoms with E-state index in [0.717, 1.165) is 58.7 Å². The summed E-state index contributed by atoms with van der Waals surface area (Å²) in [5.41, 5.74) is 11.1. The number of benzene rings is 6. The summed E-state index contributed by atoms with van der Waals surface area (Å²) in [7, 11) is 0. The summed E-state index contributed by atoms with van der Waals surface area (Å²) in [6, 6.07) is 39.7. The largest absolute Gasteiger partial charge is 0.456 e. The number of aliphatic hydroxyl groups is 1. The first-order chi connectivity index (χ1) is 22.5. The summed E-state index contributed by atoms with van der Waals surface area (Å²) in [5, 5.41) is 15.1. The Hall–Kier alpha value is -4.16. The smallest absolute Gasteiger partial charge is 0.135 e. The Morgan fingerprint density at radius 2 is 1.09 bits per heavy atom. The molecule has 6 aromatic carbocycles. The van der Waals surface area contributed by atoms with Gasteiger partial charge in [0.15, 0.2) is 0 Å². The van der Waals surface area contributed by atoms with Gasteiger partial charge in [0.2, 0.25) is 0 Å². The maximum absolute atomic E-state index is 10.6. The summed E-state index contributed by atoms with van der Waals surface area (Å²) in [4.78, 5) is 0. The Morgan fingerprint density at radius 3 is 1.77 bits per heavy atom. The van der Waals surface area contributed by atoms with Crippen molar-refractivity contribution in [2.75, 3.05) is 0 Å². The molecule has 0 saturated carbocycles. The van der Waals surface area contributed by atoms with Crippen LogP contribution in [-0.4, -0.2) is 5.11 Å². The first kappa shape index (κ1) is 30.2. The molecule has 47 heavy (non-hydrogen) atoms. The second-order valence-corrected chi connectivity index (χ2v) is 15.2. The third-order valence-corrected chi connectivity index (χ3v) is 10.5. The number of halogens is 2. The molecule has 0 spiro atoms. The van der Waals surface area contributed by atoms with Crippen LogP contribution in [0.25, 0.3) is 66.1 Å². The van der Waals surface area contributed by atoms with Gasteiger partial charge in [0, 0.05) is 35.9 Å². The number of hydrogen-bond donors (Lipinski definition) is 1. The summed E-state index contributed by atoms with van der Waals surface area (Å²) in [6.07, 6.45) is 0. The molecule has 2 aromatic heterocycles. The maximum atomic E-state index is 10.6. The molecule has 9 rings (SSSR count). The number of fused-ring (bicyclic) bond motifs is 9. The van der Waals surface area contributed by atoms with Crippen molar-refractivity contribution in [3.05, 3.63) is 141 Å². The Kier molecular flexibility index (Phi) is 7.03. The van der Waals surface area contributed by atoms with Crippen molar-refractivity contribution in [3.8, 4) is 22.3 Å². The van der Waals surface area contributed by atoms with Crippen LogP contribution >= 0.6 is 31.9 Å². The molecule has 0 fully saturated rings. The van der Waals surface area contributed by atoms with Gasteiger partial charge < -0.3 is 13.9 Å². The van der Waals surface area contributed by atoms with Crippen LogP contribution in [0, 0.1) is 0 Å². The van der Waals surface area contributed by atoms with E-state index in [1.165, 1.54) is 33.0 Å². The van der Waals surface area contributed by atoms with E-state index in [1.807, 2.05) is 74.5 Å². The lowest BCUT2D eigenvalue weighted by Gasteiger charge is -2.22. The molecule has 1 aliphatic carbocycles. The fourth-order valence-corrected chi connectivity index (χ4v) is 7.81. The van der Waals surface area contributed by atoms with Crippen LogP contribution in [0.4, 0.5) is 0 Å². The quantitative estimate of drug-likeness (QED) is 0.192. The van der Waals surface area contributed by atoms with Crippen molar-refractivity contribution in [1.82, 2.24) is 0 Å². The average molecular weight is 745 g/mol. The monoisotopic (exact) mass is 742 g/mol. The SMILES string of the molecule is CC(C)(O)c1cc(Br)ccc1-c1ccc2oc3ccccc3c2c1.CC1(C)c2cc(Br)ccc2-c2cc3c(cc21)oc1ccccc13. The van der Waals surface area contributed by atoms with Crippen molar-refractivity contribution in [3.63, 3.8) is 0 Å². The van der Waals surface area contributed by atoms with E-state index in [-0.39, 0.29) is 5.41 Å². The predicted molar refractivity (Wildman–Crippen MR) is 201 cm³/mol. The van der Waals surface area contributed by atoms with Gasteiger partial charge in [0.1, 0.15) is 22.3 Å². The molecule has 0 radical (unpaired) electrons. The summed E-state index contributed by atoms with van der Waals surface area (Å²) >= 11 is 7.11. The number of hydrogen-bond acceptors (Lipinski definition) is 3. The van der Waals surface area contributed by atoms with E-state index in [1.54, 1.807) is 0 Å². The lowest BCUT2D eigenvalue weighted by Crippen LogP contribution is -2.16. The first-order valence-corrected chi connectivity index (χ1v) is 17.3. The third kappa shape index (κ3) is 5.04. The molecule has 0 saturated heterocycles. The minimum absolute atomic E-state index is 0.0123. The van der Waals surface area contributed by atoms with Gasteiger partial charge in [-0.2, -0.15) is 0 Å². The van der Waals surface area contributed by atoms with E-state index in [4.69, 9.17) is 8.83 Å². The third-order valence-electron chi connectivity index (χ3n) is 9.46. The van der Waals surface area contributed by atoms with Crippen molar-refractivity contribution in [2.45, 2.75) is 38.7 Å². The number of furan rings is 2. The molecule has 3 nitrogen and oxygen atoms in total. The minimum Gasteiger partial charge on any atom is -0.456 e. The van der Waals surface area contributed by atoms with E-state index < -0.39 is 5.60 Å². The fraction of sp³-hybridized carbons (Fsp3) is 0.143. The molecule has 232 valence electrons. The van der Waals surface area contributed by atoms with Crippen molar-refractivity contribution in [2.24, 2.45) is 0 Å². The van der Waals surface area contributed by atoms with Crippen LogP contribution in [0.2, 0.25) is 0 Å². The Labute approximate surface area is 290 Å². The van der Waals surface area contributed by atoms with Gasteiger partial charge in [-0.3, -0.25) is 0 Å². The first-order valence-electron chi connectivity index (χ1n) is 15.7. The minimum atomic E-state index is -0.924. The summed E-state index contributed by atoms with van der Waals surface area (Å²) in [5.74, 6) is 0. The fourth-order valence-electron chi connectivity index (χ4n) is 7.09. The molecular weight excluding hydrogens is 712 g/mol. The van der Waals surface area contributed by atoms with E-state index in [2.05, 4.69) is 100 Å². The topological polar surface area (TPSA) is 46.5 Å². The molecule has 0 atom stereocenters. The molecule has 0 amide bonds. The van der Waals surface area contributed by atoms with E-state index in [0.29, 0.717) is 0 Å².